The van der Waals surface area contributed by atoms with Gasteiger partial charge in [0.05, 0.1) is 5.02 Å². The predicted molar refractivity (Wildman–Crippen MR) is 78.6 cm³/mol. The SMILES string of the molecule is Clc1cc(C2=CC3CNCCC3CC2)cnc1Br. The molecular weight excluding hydrogens is 312 g/mol. The van der Waals surface area contributed by atoms with E-state index in [-0.39, 0.29) is 0 Å². The number of hydrogen-bond donors (Lipinski definition) is 1. The van der Waals surface area contributed by atoms with E-state index in [0.29, 0.717) is 10.9 Å². The van der Waals surface area contributed by atoms with Crippen molar-refractivity contribution in [3.8, 4) is 0 Å². The van der Waals surface area contributed by atoms with Crippen molar-refractivity contribution >= 4 is 33.1 Å². The average molecular weight is 328 g/mol. The van der Waals surface area contributed by atoms with Crippen LogP contribution in [0.25, 0.3) is 5.57 Å². The van der Waals surface area contributed by atoms with E-state index in [4.69, 9.17) is 11.6 Å². The van der Waals surface area contributed by atoms with E-state index in [1.165, 1.54) is 30.5 Å². The first kappa shape index (κ1) is 12.6. The average Bonchev–Trinajstić information content (AvgIpc) is 2.41. The molecule has 0 radical (unpaired) electrons. The number of piperidine rings is 1. The summed E-state index contributed by atoms with van der Waals surface area (Å²) in [5.74, 6) is 1.55. The van der Waals surface area contributed by atoms with E-state index in [1.807, 2.05) is 12.3 Å². The van der Waals surface area contributed by atoms with Gasteiger partial charge in [-0.2, -0.15) is 0 Å². The van der Waals surface area contributed by atoms with Gasteiger partial charge in [-0.25, -0.2) is 4.98 Å². The number of nitrogens with zero attached hydrogens (tertiary/aromatic N) is 1. The maximum absolute atomic E-state index is 6.12. The number of fused-ring (bicyclic) bond motifs is 1. The van der Waals surface area contributed by atoms with Crippen LogP contribution >= 0.6 is 27.5 Å². The highest BCUT2D eigenvalue weighted by Crippen LogP contribution is 2.37. The van der Waals surface area contributed by atoms with Gasteiger partial charge in [-0.05, 0) is 70.8 Å². The monoisotopic (exact) mass is 326 g/mol. The van der Waals surface area contributed by atoms with Crippen LogP contribution in [0.2, 0.25) is 5.02 Å². The van der Waals surface area contributed by atoms with E-state index < -0.39 is 0 Å². The minimum Gasteiger partial charge on any atom is -0.316 e. The van der Waals surface area contributed by atoms with E-state index in [1.54, 1.807) is 0 Å². The van der Waals surface area contributed by atoms with E-state index in [9.17, 15) is 0 Å². The lowest BCUT2D eigenvalue weighted by Gasteiger charge is -2.34. The second-order valence-corrected chi connectivity index (χ2v) is 6.30. The molecule has 0 aromatic carbocycles. The van der Waals surface area contributed by atoms with Gasteiger partial charge in [-0.15, -0.1) is 0 Å². The molecule has 1 saturated heterocycles. The summed E-state index contributed by atoms with van der Waals surface area (Å²) >= 11 is 9.46. The molecule has 4 heteroatoms. The van der Waals surface area contributed by atoms with Crippen LogP contribution in [0, 0.1) is 11.8 Å². The quantitative estimate of drug-likeness (QED) is 0.791. The maximum Gasteiger partial charge on any atom is 0.124 e. The molecule has 2 aliphatic rings. The summed E-state index contributed by atoms with van der Waals surface area (Å²) in [6, 6.07) is 2.01. The number of pyridine rings is 1. The second-order valence-electron chi connectivity index (χ2n) is 5.14. The van der Waals surface area contributed by atoms with Crippen molar-refractivity contribution in [2.45, 2.75) is 19.3 Å². The zero-order valence-corrected chi connectivity index (χ0v) is 12.5. The molecular formula is C14H16BrClN2. The molecule has 1 aromatic rings. The molecule has 1 aliphatic heterocycles. The van der Waals surface area contributed by atoms with E-state index in [0.717, 1.165) is 23.5 Å². The summed E-state index contributed by atoms with van der Waals surface area (Å²) in [5, 5.41) is 4.17. The first-order valence-corrected chi connectivity index (χ1v) is 7.64. The van der Waals surface area contributed by atoms with E-state index >= 15 is 0 Å². The topological polar surface area (TPSA) is 24.9 Å². The largest absolute Gasteiger partial charge is 0.316 e. The molecule has 0 amide bonds. The molecule has 0 bridgehead atoms. The molecule has 1 fully saturated rings. The Kier molecular flexibility index (Phi) is 3.73. The molecule has 2 heterocycles. The van der Waals surface area contributed by atoms with Gasteiger partial charge < -0.3 is 5.32 Å². The van der Waals surface area contributed by atoms with Gasteiger partial charge in [-0.3, -0.25) is 0 Å². The summed E-state index contributed by atoms with van der Waals surface area (Å²) in [6.07, 6.45) is 8.11. The molecule has 1 aliphatic carbocycles. The molecule has 96 valence electrons. The van der Waals surface area contributed by atoms with Crippen LogP contribution in [0.15, 0.2) is 22.9 Å². The number of allylic oxidation sites excluding steroid dienone is 1. The fourth-order valence-corrected chi connectivity index (χ4v) is 3.39. The molecule has 1 N–H and O–H groups in total. The zero-order valence-electron chi connectivity index (χ0n) is 10.1. The maximum atomic E-state index is 6.12. The van der Waals surface area contributed by atoms with Crippen molar-refractivity contribution < 1.29 is 0 Å². The summed E-state index contributed by atoms with van der Waals surface area (Å²) in [5.41, 5.74) is 2.58. The Hall–Kier alpha value is -0.380. The van der Waals surface area contributed by atoms with Gasteiger partial charge in [0.2, 0.25) is 0 Å². The smallest absolute Gasteiger partial charge is 0.124 e. The molecule has 1 aromatic heterocycles. The van der Waals surface area contributed by atoms with Crippen LogP contribution < -0.4 is 5.32 Å². The molecule has 18 heavy (non-hydrogen) atoms. The molecule has 3 rings (SSSR count). The normalized spacial score (nSPS) is 27.6. The molecule has 2 nitrogen and oxygen atoms in total. The molecule has 2 unspecified atom stereocenters. The third-order valence-electron chi connectivity index (χ3n) is 4.04. The third kappa shape index (κ3) is 2.49. The minimum absolute atomic E-state index is 0.685. The summed E-state index contributed by atoms with van der Waals surface area (Å²) in [6.45, 7) is 2.29. The van der Waals surface area contributed by atoms with Gasteiger partial charge >= 0.3 is 0 Å². The minimum atomic E-state index is 0.685. The number of halogens is 2. The first-order valence-electron chi connectivity index (χ1n) is 6.47. The van der Waals surface area contributed by atoms with Crippen molar-refractivity contribution in [2.75, 3.05) is 13.1 Å². The number of aromatic nitrogens is 1. The highest BCUT2D eigenvalue weighted by molar-refractivity contribution is 9.10. The van der Waals surface area contributed by atoms with Gasteiger partial charge in [-0.1, -0.05) is 17.7 Å². The Bertz CT molecular complexity index is 487. The lowest BCUT2D eigenvalue weighted by atomic mass is 9.76. The summed E-state index contributed by atoms with van der Waals surface area (Å²) in [4.78, 5) is 4.29. The second kappa shape index (κ2) is 5.32. The van der Waals surface area contributed by atoms with Crippen LogP contribution in [0.3, 0.4) is 0 Å². The zero-order chi connectivity index (χ0) is 12.5. The van der Waals surface area contributed by atoms with Crippen LogP contribution in [-0.2, 0) is 0 Å². The van der Waals surface area contributed by atoms with Crippen molar-refractivity contribution in [3.63, 3.8) is 0 Å². The number of nitrogens with one attached hydrogen (secondary N) is 1. The Morgan fingerprint density at radius 1 is 1.39 bits per heavy atom. The fourth-order valence-electron chi connectivity index (χ4n) is 3.01. The van der Waals surface area contributed by atoms with Crippen molar-refractivity contribution in [2.24, 2.45) is 11.8 Å². The van der Waals surface area contributed by atoms with Crippen molar-refractivity contribution in [1.29, 1.82) is 0 Å². The van der Waals surface area contributed by atoms with E-state index in [2.05, 4.69) is 32.3 Å². The molecule has 0 spiro atoms. The van der Waals surface area contributed by atoms with Crippen LogP contribution in [0.4, 0.5) is 0 Å². The number of hydrogen-bond acceptors (Lipinski definition) is 2. The Morgan fingerprint density at radius 3 is 3.11 bits per heavy atom. The lowest BCUT2D eigenvalue weighted by molar-refractivity contribution is 0.279. The third-order valence-corrected chi connectivity index (χ3v) is 5.19. The lowest BCUT2D eigenvalue weighted by Crippen LogP contribution is -2.37. The van der Waals surface area contributed by atoms with Gasteiger partial charge in [0.25, 0.3) is 0 Å². The fraction of sp³-hybridized carbons (Fsp3) is 0.500. The van der Waals surface area contributed by atoms with Crippen molar-refractivity contribution in [3.05, 3.63) is 33.5 Å². The standard InChI is InChI=1S/C14H16BrClN2/c15-14-13(16)6-12(8-18-14)10-2-1-9-3-4-17-7-11(9)5-10/h5-6,8-9,11,17H,1-4,7H2. The Labute approximate surface area is 121 Å². The van der Waals surface area contributed by atoms with Crippen LogP contribution in [0.5, 0.6) is 0 Å². The van der Waals surface area contributed by atoms with Crippen molar-refractivity contribution in [1.82, 2.24) is 10.3 Å². The molecule has 2 atom stereocenters. The van der Waals surface area contributed by atoms with Gasteiger partial charge in [0.1, 0.15) is 4.60 Å². The molecule has 0 saturated carbocycles. The highest BCUT2D eigenvalue weighted by Gasteiger charge is 2.27. The van der Waals surface area contributed by atoms with Crippen LogP contribution in [-0.4, -0.2) is 18.1 Å². The van der Waals surface area contributed by atoms with Gasteiger partial charge in [0.15, 0.2) is 0 Å². The Morgan fingerprint density at radius 2 is 2.28 bits per heavy atom. The Balaban J connectivity index is 1.87. The van der Waals surface area contributed by atoms with Crippen LogP contribution in [0.1, 0.15) is 24.8 Å². The summed E-state index contributed by atoms with van der Waals surface area (Å²) in [7, 11) is 0. The summed E-state index contributed by atoms with van der Waals surface area (Å²) < 4.78 is 0.724. The first-order chi connectivity index (χ1) is 8.74. The predicted octanol–water partition coefficient (Wildman–Crippen LogP) is 3.90. The van der Waals surface area contributed by atoms with Gasteiger partial charge in [0, 0.05) is 12.7 Å². The highest BCUT2D eigenvalue weighted by atomic mass is 79.9. The number of rotatable bonds is 1.